The van der Waals surface area contributed by atoms with Crippen LogP contribution in [0.1, 0.15) is 0 Å². The lowest BCUT2D eigenvalue weighted by Crippen LogP contribution is -1.94. The quantitative estimate of drug-likeness (QED) is 0.823. The lowest BCUT2D eigenvalue weighted by Gasteiger charge is -2.30. The van der Waals surface area contributed by atoms with E-state index in [9.17, 15) is 16.8 Å². The number of nitrogens with zero attached hydrogens (tertiary/aromatic N) is 2. The molecule has 8 heteroatoms. The van der Waals surface area contributed by atoms with Crippen LogP contribution in [0.15, 0.2) is 24.3 Å². The Morgan fingerprint density at radius 3 is 1.38 bits per heavy atom. The van der Waals surface area contributed by atoms with E-state index in [1.165, 1.54) is 12.1 Å². The summed E-state index contributed by atoms with van der Waals surface area (Å²) in [6.07, 6.45) is 1.84. The second-order valence-corrected chi connectivity index (χ2v) is 6.43. The molecule has 0 aliphatic carbocycles. The van der Waals surface area contributed by atoms with Gasteiger partial charge in [-0.3, -0.25) is 0 Å². The molecule has 0 amide bonds. The maximum absolute atomic E-state index is 11.0. The Balaban J connectivity index is 3.11. The second-order valence-electron chi connectivity index (χ2n) is 3.14. The SMILES string of the molecule is CS(=O)(=O)[N-]c1ccccc1[N-]S(C)(=O)=O. The van der Waals surface area contributed by atoms with Gasteiger partial charge in [-0.2, -0.15) is 0 Å². The summed E-state index contributed by atoms with van der Waals surface area (Å²) in [6, 6.07) is 5.85. The average Bonchev–Trinajstić information content (AvgIpc) is 2.03. The van der Waals surface area contributed by atoms with E-state index >= 15 is 0 Å². The van der Waals surface area contributed by atoms with Gasteiger partial charge in [0.15, 0.2) is 0 Å². The lowest BCUT2D eigenvalue weighted by molar-refractivity contribution is 0.606. The van der Waals surface area contributed by atoms with Crippen molar-refractivity contribution in [2.45, 2.75) is 0 Å². The summed E-state index contributed by atoms with van der Waals surface area (Å²) in [5.41, 5.74) is 0.0193. The number of rotatable bonds is 4. The molecule has 0 fully saturated rings. The summed E-state index contributed by atoms with van der Waals surface area (Å²) in [7, 11) is -7.17. The van der Waals surface area contributed by atoms with E-state index in [1.54, 1.807) is 12.1 Å². The molecule has 0 aromatic heterocycles. The molecule has 90 valence electrons. The van der Waals surface area contributed by atoms with Gasteiger partial charge < -0.3 is 9.44 Å². The minimum absolute atomic E-state index is 0.00965. The predicted molar refractivity (Wildman–Crippen MR) is 62.2 cm³/mol. The summed E-state index contributed by atoms with van der Waals surface area (Å²) in [5, 5.41) is 0. The zero-order valence-electron chi connectivity index (χ0n) is 8.65. The molecule has 0 aliphatic rings. The molecule has 1 aromatic rings. The first kappa shape index (κ1) is 12.8. The van der Waals surface area contributed by atoms with Crippen molar-refractivity contribution in [1.82, 2.24) is 0 Å². The molecule has 1 aromatic carbocycles. The largest absolute Gasteiger partial charge is 0.578 e. The van der Waals surface area contributed by atoms with Gasteiger partial charge in [0.2, 0.25) is 0 Å². The van der Waals surface area contributed by atoms with Gasteiger partial charge in [-0.1, -0.05) is 24.3 Å². The van der Waals surface area contributed by atoms with Crippen LogP contribution in [0.4, 0.5) is 11.4 Å². The van der Waals surface area contributed by atoms with Crippen LogP contribution in [0.25, 0.3) is 9.44 Å². The predicted octanol–water partition coefficient (Wildman–Crippen LogP) is 1.62. The van der Waals surface area contributed by atoms with Gasteiger partial charge in [-0.25, -0.2) is 16.8 Å². The Hall–Kier alpha value is -1.28. The van der Waals surface area contributed by atoms with Crippen LogP contribution >= 0.6 is 0 Å². The third kappa shape index (κ3) is 4.49. The van der Waals surface area contributed by atoms with Crippen molar-refractivity contribution >= 4 is 31.4 Å². The molecule has 0 bridgehead atoms. The molecule has 0 saturated carbocycles. The van der Waals surface area contributed by atoms with E-state index in [2.05, 4.69) is 9.44 Å². The normalized spacial score (nSPS) is 12.1. The topological polar surface area (TPSA) is 96.5 Å². The smallest absolute Gasteiger partial charge is 0.0908 e. The zero-order chi connectivity index (χ0) is 12.4. The Kier molecular flexibility index (Phi) is 3.44. The van der Waals surface area contributed by atoms with E-state index in [4.69, 9.17) is 0 Å². The number of sulfonamides is 2. The molecule has 0 saturated heterocycles. The van der Waals surface area contributed by atoms with E-state index in [0.29, 0.717) is 0 Å². The fourth-order valence-corrected chi connectivity index (χ4v) is 2.00. The van der Waals surface area contributed by atoms with Crippen LogP contribution in [-0.4, -0.2) is 29.3 Å². The second kappa shape index (κ2) is 4.30. The van der Waals surface area contributed by atoms with Crippen LogP contribution in [0.5, 0.6) is 0 Å². The number of hydrogen-bond acceptors (Lipinski definition) is 4. The van der Waals surface area contributed by atoms with Crippen molar-refractivity contribution < 1.29 is 16.8 Å². The van der Waals surface area contributed by atoms with Gasteiger partial charge in [0.25, 0.3) is 0 Å². The molecule has 0 aliphatic heterocycles. The summed E-state index contributed by atoms with van der Waals surface area (Å²) in [4.78, 5) is 0. The van der Waals surface area contributed by atoms with Crippen LogP contribution in [-0.2, 0) is 20.0 Å². The van der Waals surface area contributed by atoms with Crippen LogP contribution < -0.4 is 0 Å². The van der Waals surface area contributed by atoms with Crippen molar-refractivity contribution in [3.05, 3.63) is 33.7 Å². The summed E-state index contributed by atoms with van der Waals surface area (Å²) in [5.74, 6) is 0. The number of hydrogen-bond donors (Lipinski definition) is 0. The molecular formula is C8H10N2O4S2-2. The van der Waals surface area contributed by atoms with E-state index < -0.39 is 20.0 Å². The molecule has 16 heavy (non-hydrogen) atoms. The van der Waals surface area contributed by atoms with Gasteiger partial charge in [-0.15, -0.1) is 11.4 Å². The minimum atomic E-state index is -3.59. The van der Waals surface area contributed by atoms with Crippen molar-refractivity contribution in [1.29, 1.82) is 0 Å². The highest BCUT2D eigenvalue weighted by Gasteiger charge is 1.93. The van der Waals surface area contributed by atoms with Gasteiger partial charge in [-0.05, 0) is 0 Å². The van der Waals surface area contributed by atoms with Gasteiger partial charge in [0, 0.05) is 12.5 Å². The minimum Gasteiger partial charge on any atom is -0.578 e. The fraction of sp³-hybridized carbons (Fsp3) is 0.250. The zero-order valence-corrected chi connectivity index (χ0v) is 10.3. The standard InChI is InChI=1S/C8H10N2O4S2/c1-15(11,12)9-7-5-3-4-6-8(7)10-16(2,13)14/h3-6H,1-2H3/q-2. The monoisotopic (exact) mass is 262 g/mol. The highest BCUT2D eigenvalue weighted by atomic mass is 32.2. The Labute approximate surface area is 94.8 Å². The van der Waals surface area contributed by atoms with Gasteiger partial charge in [0.1, 0.15) is 0 Å². The molecule has 1 rings (SSSR count). The molecule has 0 radical (unpaired) electrons. The van der Waals surface area contributed by atoms with Crippen LogP contribution in [0, 0.1) is 0 Å². The third-order valence-corrected chi connectivity index (χ3v) is 2.47. The van der Waals surface area contributed by atoms with E-state index in [1.807, 2.05) is 0 Å². The summed E-state index contributed by atoms with van der Waals surface area (Å²) in [6.45, 7) is 0. The van der Waals surface area contributed by atoms with Gasteiger partial charge >= 0.3 is 0 Å². The van der Waals surface area contributed by atoms with Gasteiger partial charge in [0.05, 0.1) is 20.0 Å². The van der Waals surface area contributed by atoms with Crippen LogP contribution in [0.3, 0.4) is 0 Å². The first-order valence-electron chi connectivity index (χ1n) is 4.12. The number of benzene rings is 1. The Morgan fingerprint density at radius 1 is 0.812 bits per heavy atom. The maximum Gasteiger partial charge on any atom is 0.0908 e. The summed E-state index contributed by atoms with van der Waals surface area (Å²) >= 11 is 0. The van der Waals surface area contributed by atoms with E-state index in [-0.39, 0.29) is 11.4 Å². The molecule has 0 atom stereocenters. The van der Waals surface area contributed by atoms with Crippen molar-refractivity contribution in [2.24, 2.45) is 0 Å². The molecule has 6 nitrogen and oxygen atoms in total. The lowest BCUT2D eigenvalue weighted by atomic mass is 10.3. The highest BCUT2D eigenvalue weighted by molar-refractivity contribution is 7.94. The maximum atomic E-state index is 11.0. The Morgan fingerprint density at radius 2 is 1.12 bits per heavy atom. The molecule has 0 N–H and O–H groups in total. The van der Waals surface area contributed by atoms with Crippen LogP contribution in [0.2, 0.25) is 0 Å². The van der Waals surface area contributed by atoms with E-state index in [0.717, 1.165) is 12.5 Å². The average molecular weight is 262 g/mol. The molecule has 0 unspecified atom stereocenters. The highest BCUT2D eigenvalue weighted by Crippen LogP contribution is 2.37. The summed E-state index contributed by atoms with van der Waals surface area (Å²) < 4.78 is 50.6. The first-order chi connectivity index (χ1) is 7.17. The van der Waals surface area contributed by atoms with Crippen molar-refractivity contribution in [3.8, 4) is 0 Å². The van der Waals surface area contributed by atoms with Crippen molar-refractivity contribution in [2.75, 3.05) is 12.5 Å². The Bertz CT molecular complexity index is 525. The fourth-order valence-electron chi connectivity index (χ4n) is 0.976. The molecule has 0 heterocycles. The molecular weight excluding hydrogens is 252 g/mol. The molecule has 0 spiro atoms. The van der Waals surface area contributed by atoms with Crippen molar-refractivity contribution in [3.63, 3.8) is 0 Å². The first-order valence-corrected chi connectivity index (χ1v) is 7.82. The third-order valence-electron chi connectivity index (χ3n) is 1.41.